The zero-order chi connectivity index (χ0) is 17.8. The minimum absolute atomic E-state index is 0.0539. The largest absolute Gasteiger partial charge is 0.394 e. The second-order valence-electron chi connectivity index (χ2n) is 5.97. The normalized spacial score (nSPS) is 11.4. The number of aryl methyl sites for hydroxylation is 1. The summed E-state index contributed by atoms with van der Waals surface area (Å²) >= 11 is 0. The summed E-state index contributed by atoms with van der Waals surface area (Å²) < 4.78 is 0. The van der Waals surface area contributed by atoms with Gasteiger partial charge in [-0.2, -0.15) is 0 Å². The number of amides is 1. The monoisotopic (exact) mass is 334 g/mol. The van der Waals surface area contributed by atoms with Gasteiger partial charge in [0, 0.05) is 44.2 Å². The van der Waals surface area contributed by atoms with E-state index in [0.29, 0.717) is 13.0 Å². The van der Waals surface area contributed by atoms with E-state index in [4.69, 9.17) is 5.11 Å². The van der Waals surface area contributed by atoms with Gasteiger partial charge in [-0.25, -0.2) is 0 Å². The molecule has 0 aliphatic rings. The van der Waals surface area contributed by atoms with Crippen LogP contribution in [0, 0.1) is 0 Å². The van der Waals surface area contributed by atoms with E-state index in [1.807, 2.05) is 38.1 Å². The molecule has 0 fully saturated rings. The summed E-state index contributed by atoms with van der Waals surface area (Å²) in [6.45, 7) is 4.89. The summed E-state index contributed by atoms with van der Waals surface area (Å²) in [5.74, 6) is 0.208. The molecule has 1 N–H and O–H groups in total. The maximum atomic E-state index is 12.3. The van der Waals surface area contributed by atoms with Crippen molar-refractivity contribution in [1.82, 2.24) is 14.8 Å². The zero-order valence-electron chi connectivity index (χ0n) is 15.1. The van der Waals surface area contributed by atoms with E-state index in [2.05, 4.69) is 14.9 Å². The Morgan fingerprint density at radius 1 is 1.38 bits per heavy atom. The molecule has 0 aliphatic heterocycles. The van der Waals surface area contributed by atoms with Crippen LogP contribution < -0.4 is 0 Å². The smallest absolute Gasteiger partial charge is 0.222 e. The Labute approximate surface area is 145 Å². The maximum absolute atomic E-state index is 12.3. The van der Waals surface area contributed by atoms with Crippen LogP contribution in [0.5, 0.6) is 0 Å². The van der Waals surface area contributed by atoms with Gasteiger partial charge in [0.2, 0.25) is 5.91 Å². The molecule has 0 atom stereocenters. The number of aromatic nitrogens is 1. The van der Waals surface area contributed by atoms with Gasteiger partial charge >= 0.3 is 0 Å². The zero-order valence-corrected chi connectivity index (χ0v) is 15.1. The van der Waals surface area contributed by atoms with Crippen molar-refractivity contribution in [1.29, 1.82) is 0 Å². The van der Waals surface area contributed by atoms with E-state index in [1.165, 1.54) is 0 Å². The number of rotatable bonds is 11. The number of pyridine rings is 1. The number of likely N-dealkylation sites (N-methyl/N-ethyl adjacent to an activating group) is 2. The Balaban J connectivity index is 2.43. The van der Waals surface area contributed by atoms with Crippen LogP contribution in [0.25, 0.3) is 0 Å². The minimum Gasteiger partial charge on any atom is -0.394 e. The van der Waals surface area contributed by atoms with Crippen molar-refractivity contribution in [3.8, 4) is 0 Å². The molecule has 0 saturated carbocycles. The number of carbonyl (C=O) groups excluding carboxylic acids is 1. The first-order valence-corrected chi connectivity index (χ1v) is 8.55. The molecule has 0 spiro atoms. The Morgan fingerprint density at radius 3 is 2.83 bits per heavy atom. The van der Waals surface area contributed by atoms with Crippen molar-refractivity contribution in [2.75, 3.05) is 46.9 Å². The Bertz CT molecular complexity index is 517. The predicted octanol–water partition coefficient (Wildman–Crippen LogP) is 1.23. The number of carbonyl (C=O) groups is 1. The summed E-state index contributed by atoms with van der Waals surface area (Å²) in [7, 11) is 4.03. The molecule has 1 amide bonds. The Kier molecular flexibility index (Phi) is 9.88. The first-order chi connectivity index (χ1) is 11.6. The van der Waals surface area contributed by atoms with Crippen molar-refractivity contribution in [2.45, 2.75) is 26.2 Å². The van der Waals surface area contributed by atoms with Gasteiger partial charge in [0.1, 0.15) is 0 Å². The lowest BCUT2D eigenvalue weighted by molar-refractivity contribution is -0.131. The molecule has 0 saturated heterocycles. The second-order valence-corrected chi connectivity index (χ2v) is 5.97. The summed E-state index contributed by atoms with van der Waals surface area (Å²) in [4.78, 5) is 24.7. The molecular weight excluding hydrogens is 304 g/mol. The quantitative estimate of drug-likeness (QED) is 0.618. The number of aliphatic imine (C=N–C) groups is 1. The van der Waals surface area contributed by atoms with E-state index in [0.717, 1.165) is 43.7 Å². The average Bonchev–Trinajstić information content (AvgIpc) is 2.56. The van der Waals surface area contributed by atoms with Crippen molar-refractivity contribution in [3.63, 3.8) is 0 Å². The van der Waals surface area contributed by atoms with E-state index >= 15 is 0 Å². The topological polar surface area (TPSA) is 69.0 Å². The fourth-order valence-electron chi connectivity index (χ4n) is 2.30. The van der Waals surface area contributed by atoms with E-state index in [1.54, 1.807) is 12.4 Å². The summed E-state index contributed by atoms with van der Waals surface area (Å²) in [6.07, 6.45) is 5.62. The van der Waals surface area contributed by atoms with Gasteiger partial charge in [-0.1, -0.05) is 0 Å². The third-order valence-corrected chi connectivity index (χ3v) is 3.69. The molecule has 1 aromatic heterocycles. The van der Waals surface area contributed by atoms with Crippen molar-refractivity contribution in [3.05, 3.63) is 29.6 Å². The van der Waals surface area contributed by atoms with Gasteiger partial charge in [0.25, 0.3) is 0 Å². The van der Waals surface area contributed by atoms with Crippen molar-refractivity contribution >= 4 is 12.1 Å². The molecular formula is C18H30N4O2. The fourth-order valence-corrected chi connectivity index (χ4v) is 2.30. The molecule has 0 bridgehead atoms. The lowest BCUT2D eigenvalue weighted by Crippen LogP contribution is -2.36. The number of nitrogens with zero attached hydrogens (tertiary/aromatic N) is 4. The van der Waals surface area contributed by atoms with E-state index < -0.39 is 0 Å². The highest BCUT2D eigenvalue weighted by molar-refractivity contribution is 5.79. The highest BCUT2D eigenvalue weighted by atomic mass is 16.3. The maximum Gasteiger partial charge on any atom is 0.222 e. The molecule has 6 heteroatoms. The van der Waals surface area contributed by atoms with Gasteiger partial charge in [0.05, 0.1) is 13.2 Å². The lowest BCUT2D eigenvalue weighted by Gasteiger charge is -2.22. The molecule has 0 aliphatic carbocycles. The third-order valence-electron chi connectivity index (χ3n) is 3.69. The number of hydrogen-bond donors (Lipinski definition) is 1. The molecule has 0 unspecified atom stereocenters. The molecule has 1 rings (SSSR count). The van der Waals surface area contributed by atoms with Crippen LogP contribution in [0.2, 0.25) is 0 Å². The van der Waals surface area contributed by atoms with Crippen LogP contribution in [-0.2, 0) is 11.2 Å². The highest BCUT2D eigenvalue weighted by Crippen LogP contribution is 2.06. The van der Waals surface area contributed by atoms with Gasteiger partial charge in [-0.3, -0.25) is 14.8 Å². The van der Waals surface area contributed by atoms with Crippen LogP contribution >= 0.6 is 0 Å². The fraction of sp³-hybridized carbons (Fsp3) is 0.611. The molecule has 0 aromatic carbocycles. The van der Waals surface area contributed by atoms with Crippen molar-refractivity contribution < 1.29 is 9.90 Å². The Hall–Kier alpha value is -1.79. The SMILES string of the molecule is CCN(CCN(C)C)C(=O)CCCc1cc(C=NCCO)ccn1. The van der Waals surface area contributed by atoms with Crippen LogP contribution in [-0.4, -0.2) is 78.9 Å². The minimum atomic E-state index is 0.0539. The Morgan fingerprint density at radius 2 is 2.17 bits per heavy atom. The number of aliphatic hydroxyl groups excluding tert-OH is 1. The van der Waals surface area contributed by atoms with Crippen molar-refractivity contribution in [2.24, 2.45) is 4.99 Å². The van der Waals surface area contributed by atoms with Gasteiger partial charge in [0.15, 0.2) is 0 Å². The molecule has 134 valence electrons. The summed E-state index contributed by atoms with van der Waals surface area (Å²) in [5, 5.41) is 8.74. The van der Waals surface area contributed by atoms with E-state index in [-0.39, 0.29) is 12.5 Å². The molecule has 0 radical (unpaired) electrons. The van der Waals surface area contributed by atoms with Crippen LogP contribution in [0.15, 0.2) is 23.3 Å². The number of hydrogen-bond acceptors (Lipinski definition) is 5. The van der Waals surface area contributed by atoms with Crippen LogP contribution in [0.4, 0.5) is 0 Å². The van der Waals surface area contributed by atoms with Crippen LogP contribution in [0.1, 0.15) is 31.0 Å². The number of aliphatic hydroxyl groups is 1. The average molecular weight is 334 g/mol. The second kappa shape index (κ2) is 11.7. The highest BCUT2D eigenvalue weighted by Gasteiger charge is 2.11. The van der Waals surface area contributed by atoms with Gasteiger partial charge in [-0.15, -0.1) is 0 Å². The first-order valence-electron chi connectivity index (χ1n) is 8.55. The molecule has 6 nitrogen and oxygen atoms in total. The molecule has 1 aromatic rings. The third kappa shape index (κ3) is 8.17. The van der Waals surface area contributed by atoms with Gasteiger partial charge in [-0.05, 0) is 51.6 Å². The molecule has 24 heavy (non-hydrogen) atoms. The standard InChI is InChI=1S/C18H30N4O2/c1-4-22(12-11-21(2)3)18(24)7-5-6-17-14-16(8-9-20-17)15-19-10-13-23/h8-9,14-15,23H,4-7,10-13H2,1-3H3. The van der Waals surface area contributed by atoms with Gasteiger partial charge < -0.3 is 14.9 Å². The summed E-state index contributed by atoms with van der Waals surface area (Å²) in [5.41, 5.74) is 1.94. The van der Waals surface area contributed by atoms with Crippen LogP contribution in [0.3, 0.4) is 0 Å². The van der Waals surface area contributed by atoms with E-state index in [9.17, 15) is 4.79 Å². The summed E-state index contributed by atoms with van der Waals surface area (Å²) in [6, 6.07) is 3.87. The predicted molar refractivity (Wildman–Crippen MR) is 97.5 cm³/mol. The first kappa shape index (κ1) is 20.3. The molecule has 1 heterocycles. The lowest BCUT2D eigenvalue weighted by atomic mass is 10.1.